The van der Waals surface area contributed by atoms with Crippen LogP contribution in [-0.2, 0) is 21.8 Å². The number of hydrogen-bond acceptors (Lipinski definition) is 3. The molecule has 7 heteroatoms. The van der Waals surface area contributed by atoms with E-state index in [1.807, 2.05) is 43.3 Å². The monoisotopic (exact) mass is 452 g/mol. The van der Waals surface area contributed by atoms with Crippen LogP contribution in [0.3, 0.4) is 0 Å². The van der Waals surface area contributed by atoms with Gasteiger partial charge in [-0.15, -0.1) is 11.8 Å². The van der Waals surface area contributed by atoms with Crippen molar-refractivity contribution >= 4 is 46.8 Å². The maximum Gasteiger partial charge on any atom is 0.242 e. The molecule has 0 radical (unpaired) electrons. The standard InChI is InChI=1S/C22H26Cl2N2O2S/c1-3-20(22(28)25-2)26(12-11-16-7-5-4-6-8-16)21(27)15-29-14-17-9-10-18(23)13-19(17)24/h4-10,13,20H,3,11-12,14-15H2,1-2H3,(H,25,28)/t20-/m0/s1. The fraction of sp³-hybridized carbons (Fsp3) is 0.364. The van der Waals surface area contributed by atoms with Crippen molar-refractivity contribution in [1.29, 1.82) is 0 Å². The number of halogens is 2. The smallest absolute Gasteiger partial charge is 0.242 e. The molecule has 2 amide bonds. The zero-order valence-corrected chi connectivity index (χ0v) is 19.0. The number of nitrogens with one attached hydrogen (secondary N) is 1. The lowest BCUT2D eigenvalue weighted by Crippen LogP contribution is -2.50. The topological polar surface area (TPSA) is 49.4 Å². The first kappa shape index (κ1) is 23.6. The van der Waals surface area contributed by atoms with Crippen molar-refractivity contribution in [2.75, 3.05) is 19.3 Å². The predicted octanol–water partition coefficient (Wildman–Crippen LogP) is 4.82. The van der Waals surface area contributed by atoms with E-state index in [0.717, 1.165) is 11.1 Å². The van der Waals surface area contributed by atoms with Crippen LogP contribution in [-0.4, -0.2) is 42.1 Å². The van der Waals surface area contributed by atoms with Gasteiger partial charge >= 0.3 is 0 Å². The van der Waals surface area contributed by atoms with E-state index in [2.05, 4.69) is 5.32 Å². The fourth-order valence-electron chi connectivity index (χ4n) is 3.03. The third-order valence-electron chi connectivity index (χ3n) is 4.61. The third-order valence-corrected chi connectivity index (χ3v) is 6.17. The summed E-state index contributed by atoms with van der Waals surface area (Å²) in [4.78, 5) is 27.0. The summed E-state index contributed by atoms with van der Waals surface area (Å²) in [6.45, 7) is 2.42. The van der Waals surface area contributed by atoms with E-state index < -0.39 is 6.04 Å². The van der Waals surface area contributed by atoms with E-state index in [9.17, 15) is 9.59 Å². The van der Waals surface area contributed by atoms with Gasteiger partial charge in [0.05, 0.1) is 5.75 Å². The van der Waals surface area contributed by atoms with E-state index in [-0.39, 0.29) is 17.6 Å². The van der Waals surface area contributed by atoms with Gasteiger partial charge in [-0.3, -0.25) is 9.59 Å². The molecule has 0 fully saturated rings. The molecule has 0 unspecified atom stereocenters. The molecule has 2 aromatic carbocycles. The van der Waals surface area contributed by atoms with Gasteiger partial charge in [0.25, 0.3) is 0 Å². The predicted molar refractivity (Wildman–Crippen MR) is 123 cm³/mol. The van der Waals surface area contributed by atoms with E-state index >= 15 is 0 Å². The summed E-state index contributed by atoms with van der Waals surface area (Å²) in [5.41, 5.74) is 2.07. The van der Waals surface area contributed by atoms with Gasteiger partial charge in [0.1, 0.15) is 6.04 Å². The lowest BCUT2D eigenvalue weighted by atomic mass is 10.1. The van der Waals surface area contributed by atoms with Gasteiger partial charge in [-0.2, -0.15) is 0 Å². The van der Waals surface area contributed by atoms with Crippen molar-refractivity contribution in [2.45, 2.75) is 31.6 Å². The fourth-order valence-corrected chi connectivity index (χ4v) is 4.50. The zero-order chi connectivity index (χ0) is 21.2. The molecule has 2 rings (SSSR count). The Labute approximate surface area is 187 Å². The van der Waals surface area contributed by atoms with E-state index in [1.54, 1.807) is 24.1 Å². The second-order valence-electron chi connectivity index (χ2n) is 6.59. The van der Waals surface area contributed by atoms with Crippen LogP contribution in [0.15, 0.2) is 48.5 Å². The lowest BCUT2D eigenvalue weighted by Gasteiger charge is -2.30. The van der Waals surface area contributed by atoms with Crippen LogP contribution < -0.4 is 5.32 Å². The number of hydrogen-bond donors (Lipinski definition) is 1. The van der Waals surface area contributed by atoms with Gasteiger partial charge in [0.2, 0.25) is 11.8 Å². The summed E-state index contributed by atoms with van der Waals surface area (Å²) in [6, 6.07) is 14.9. The molecule has 29 heavy (non-hydrogen) atoms. The molecule has 0 spiro atoms. The maximum absolute atomic E-state index is 13.0. The summed E-state index contributed by atoms with van der Waals surface area (Å²) in [6.07, 6.45) is 1.27. The molecule has 0 aromatic heterocycles. The summed E-state index contributed by atoms with van der Waals surface area (Å²) < 4.78 is 0. The average Bonchev–Trinajstić information content (AvgIpc) is 2.72. The van der Waals surface area contributed by atoms with Crippen molar-refractivity contribution in [3.63, 3.8) is 0 Å². The van der Waals surface area contributed by atoms with E-state index in [4.69, 9.17) is 23.2 Å². The highest BCUT2D eigenvalue weighted by molar-refractivity contribution is 7.99. The number of likely N-dealkylation sites (N-methyl/N-ethyl adjacent to an activating group) is 1. The average molecular weight is 453 g/mol. The molecule has 0 bridgehead atoms. The van der Waals surface area contributed by atoms with Crippen LogP contribution in [0.1, 0.15) is 24.5 Å². The molecule has 0 aliphatic rings. The van der Waals surface area contributed by atoms with Crippen molar-refractivity contribution in [1.82, 2.24) is 10.2 Å². The number of carbonyl (C=O) groups excluding carboxylic acids is 2. The highest BCUT2D eigenvalue weighted by Gasteiger charge is 2.27. The molecule has 156 valence electrons. The lowest BCUT2D eigenvalue weighted by molar-refractivity contribution is -0.138. The minimum absolute atomic E-state index is 0.0496. The van der Waals surface area contributed by atoms with Crippen molar-refractivity contribution < 1.29 is 9.59 Å². The molecule has 0 aliphatic carbocycles. The molecule has 0 saturated carbocycles. The number of thioether (sulfide) groups is 1. The Kier molecular flexibility index (Phi) is 9.85. The van der Waals surface area contributed by atoms with Crippen LogP contribution in [0.25, 0.3) is 0 Å². The molecular formula is C22H26Cl2N2O2S. The minimum atomic E-state index is -0.476. The van der Waals surface area contributed by atoms with E-state index in [1.165, 1.54) is 11.8 Å². The summed E-state index contributed by atoms with van der Waals surface area (Å²) in [5.74, 6) is 0.692. The van der Waals surface area contributed by atoms with Crippen LogP contribution in [0.2, 0.25) is 10.0 Å². The highest BCUT2D eigenvalue weighted by Crippen LogP contribution is 2.25. The second kappa shape index (κ2) is 12.1. The quantitative estimate of drug-likeness (QED) is 0.561. The number of nitrogens with zero attached hydrogens (tertiary/aromatic N) is 1. The Morgan fingerprint density at radius 3 is 2.48 bits per heavy atom. The van der Waals surface area contributed by atoms with Crippen LogP contribution >= 0.6 is 35.0 Å². The Hall–Kier alpha value is -1.69. The van der Waals surface area contributed by atoms with Crippen molar-refractivity contribution in [3.8, 4) is 0 Å². The van der Waals surface area contributed by atoms with Gasteiger partial charge in [0.15, 0.2) is 0 Å². The summed E-state index contributed by atoms with van der Waals surface area (Å²) >= 11 is 13.6. The first-order chi connectivity index (χ1) is 14.0. The highest BCUT2D eigenvalue weighted by atomic mass is 35.5. The Bertz CT molecular complexity index is 818. The number of carbonyl (C=O) groups is 2. The molecule has 1 atom stereocenters. The Morgan fingerprint density at radius 1 is 1.14 bits per heavy atom. The Morgan fingerprint density at radius 2 is 1.86 bits per heavy atom. The van der Waals surface area contributed by atoms with Gasteiger partial charge < -0.3 is 10.2 Å². The summed E-state index contributed by atoms with van der Waals surface area (Å²) in [5, 5.41) is 3.85. The molecule has 0 heterocycles. The third kappa shape index (κ3) is 7.25. The van der Waals surface area contributed by atoms with Gasteiger partial charge in [-0.1, -0.05) is 66.5 Å². The van der Waals surface area contributed by atoms with Gasteiger partial charge in [0, 0.05) is 29.4 Å². The van der Waals surface area contributed by atoms with Gasteiger partial charge in [-0.25, -0.2) is 0 Å². The van der Waals surface area contributed by atoms with Crippen LogP contribution in [0.4, 0.5) is 0 Å². The summed E-state index contributed by atoms with van der Waals surface area (Å²) in [7, 11) is 1.60. The van der Waals surface area contributed by atoms with Gasteiger partial charge in [-0.05, 0) is 36.1 Å². The first-order valence-corrected chi connectivity index (χ1v) is 11.4. The maximum atomic E-state index is 13.0. The number of rotatable bonds is 10. The molecule has 1 N–H and O–H groups in total. The zero-order valence-electron chi connectivity index (χ0n) is 16.7. The number of amides is 2. The normalized spacial score (nSPS) is 11.7. The number of benzene rings is 2. The molecule has 4 nitrogen and oxygen atoms in total. The first-order valence-electron chi connectivity index (χ1n) is 9.53. The molecular weight excluding hydrogens is 427 g/mol. The van der Waals surface area contributed by atoms with Crippen LogP contribution in [0.5, 0.6) is 0 Å². The molecule has 0 saturated heterocycles. The largest absolute Gasteiger partial charge is 0.357 e. The van der Waals surface area contributed by atoms with E-state index in [0.29, 0.717) is 35.2 Å². The van der Waals surface area contributed by atoms with Crippen molar-refractivity contribution in [3.05, 3.63) is 69.7 Å². The van der Waals surface area contributed by atoms with Crippen LogP contribution in [0, 0.1) is 0 Å². The SMILES string of the molecule is CC[C@@H](C(=O)NC)N(CCc1ccccc1)C(=O)CSCc1ccc(Cl)cc1Cl. The van der Waals surface area contributed by atoms with Crippen molar-refractivity contribution in [2.24, 2.45) is 0 Å². The molecule has 2 aromatic rings. The minimum Gasteiger partial charge on any atom is -0.357 e. The second-order valence-corrected chi connectivity index (χ2v) is 8.42. The molecule has 0 aliphatic heterocycles. The Balaban J connectivity index is 2.03.